The molecule has 2 unspecified atom stereocenters. The van der Waals surface area contributed by atoms with Gasteiger partial charge in [-0.2, -0.15) is 0 Å². The van der Waals surface area contributed by atoms with Gasteiger partial charge in [0.15, 0.2) is 16.6 Å². The smallest absolute Gasteiger partial charge is 0.192 e. The topological polar surface area (TPSA) is 36.9 Å². The minimum Gasteiger partial charge on any atom is -0.410 e. The first-order valence-electron chi connectivity index (χ1n) is 20.4. The van der Waals surface area contributed by atoms with Crippen LogP contribution >= 0.6 is 0 Å². The van der Waals surface area contributed by atoms with Crippen LogP contribution in [-0.4, -0.2) is 49.4 Å². The molecule has 50 heavy (non-hydrogen) atoms. The molecule has 0 radical (unpaired) electrons. The molecule has 0 aromatic rings. The van der Waals surface area contributed by atoms with Crippen LogP contribution in [0.5, 0.6) is 0 Å². The van der Waals surface area contributed by atoms with Gasteiger partial charge < -0.3 is 18.3 Å². The monoisotopic (exact) mass is 731 g/mol. The summed E-state index contributed by atoms with van der Waals surface area (Å²) in [6.07, 6.45) is 21.2. The molecular formula is C44H82O4Si2. The summed E-state index contributed by atoms with van der Waals surface area (Å²) in [5.74, 6) is 2.40. The van der Waals surface area contributed by atoms with Crippen molar-refractivity contribution >= 4 is 16.6 Å². The molecule has 0 bridgehead atoms. The largest absolute Gasteiger partial charge is 0.410 e. The summed E-state index contributed by atoms with van der Waals surface area (Å²) < 4.78 is 25.6. The van der Waals surface area contributed by atoms with Gasteiger partial charge in [0.05, 0.1) is 18.8 Å². The van der Waals surface area contributed by atoms with E-state index in [4.69, 9.17) is 18.3 Å². The molecule has 3 rings (SSSR count). The zero-order chi connectivity index (χ0) is 37.8. The fraction of sp³-hybridized carbons (Fsp3) is 0.864. The van der Waals surface area contributed by atoms with Crippen molar-refractivity contribution in [3.8, 4) is 0 Å². The van der Waals surface area contributed by atoms with Crippen molar-refractivity contribution in [3.63, 3.8) is 0 Å². The van der Waals surface area contributed by atoms with Crippen molar-refractivity contribution in [3.05, 3.63) is 34.9 Å². The molecule has 0 spiro atoms. The van der Waals surface area contributed by atoms with E-state index in [9.17, 15) is 0 Å². The van der Waals surface area contributed by atoms with Crippen molar-refractivity contribution in [2.24, 2.45) is 28.6 Å². The molecule has 0 amide bonds. The van der Waals surface area contributed by atoms with Crippen molar-refractivity contribution in [2.75, 3.05) is 20.5 Å². The van der Waals surface area contributed by atoms with Gasteiger partial charge in [0.1, 0.15) is 6.79 Å². The lowest BCUT2D eigenvalue weighted by molar-refractivity contribution is -0.0287. The third-order valence-corrected chi connectivity index (χ3v) is 22.8. The standard InChI is InChI=1S/C44H82O4Si2/c1-33(20-17-27-41(2,3)4)37-25-26-38-35(21-18-28-44(37,38)11)24-23-34-30-39(47-49(13,14)42(5,6)7)36(22-19-29-46-32-45-12)40(31-34)48-50(15,16)43(8,9)10/h22-24,33,37-40H,17-21,25-32H2,1-16H3/b34-23?,35-24+,36-22?/t33-,37?,38?,39-,40+,44-/m1/s1. The molecule has 0 aliphatic heterocycles. The van der Waals surface area contributed by atoms with E-state index in [1.807, 2.05) is 0 Å². The van der Waals surface area contributed by atoms with Crippen molar-refractivity contribution in [1.82, 2.24) is 0 Å². The predicted molar refractivity (Wildman–Crippen MR) is 221 cm³/mol. The van der Waals surface area contributed by atoms with E-state index in [2.05, 4.69) is 121 Å². The molecule has 0 N–H and O–H groups in total. The minimum absolute atomic E-state index is 0.0351. The maximum absolute atomic E-state index is 7.34. The van der Waals surface area contributed by atoms with Gasteiger partial charge in [-0.05, 0) is 128 Å². The number of rotatable bonds is 14. The van der Waals surface area contributed by atoms with Gasteiger partial charge in [0.2, 0.25) is 0 Å². The average molecular weight is 731 g/mol. The summed E-state index contributed by atoms with van der Waals surface area (Å²) in [6.45, 7) is 37.1. The highest BCUT2D eigenvalue weighted by atomic mass is 28.4. The molecular weight excluding hydrogens is 649 g/mol. The molecule has 0 aromatic carbocycles. The number of hydrogen-bond donors (Lipinski definition) is 0. The van der Waals surface area contributed by atoms with E-state index in [1.54, 1.807) is 12.7 Å². The zero-order valence-corrected chi connectivity index (χ0v) is 37.9. The molecule has 0 aromatic heterocycles. The SMILES string of the molecule is COCOCCC=C1[C@@H](O[Si](C)(C)C(C)(C)C)CC(=C/C=C2\CCC[C@@]3(C)C2CCC3[C@H](C)CCCC(C)(C)C)C[C@H]1O[Si](C)(C)C(C)(C)C. The number of hydrogen-bond acceptors (Lipinski definition) is 4. The lowest BCUT2D eigenvalue weighted by Gasteiger charge is -2.46. The van der Waals surface area contributed by atoms with Gasteiger partial charge >= 0.3 is 0 Å². The number of allylic oxidation sites excluding steroid dienone is 3. The van der Waals surface area contributed by atoms with E-state index >= 15 is 0 Å². The maximum atomic E-state index is 7.34. The Morgan fingerprint density at radius 2 is 1.44 bits per heavy atom. The molecule has 4 nitrogen and oxygen atoms in total. The van der Waals surface area contributed by atoms with Crippen LogP contribution in [0.3, 0.4) is 0 Å². The summed E-state index contributed by atoms with van der Waals surface area (Å²) in [5.41, 5.74) is 5.44. The molecule has 3 aliphatic carbocycles. The van der Waals surface area contributed by atoms with Gasteiger partial charge in [0.25, 0.3) is 0 Å². The Morgan fingerprint density at radius 3 is 1.96 bits per heavy atom. The van der Waals surface area contributed by atoms with Crippen LogP contribution in [0.1, 0.15) is 147 Å². The quantitative estimate of drug-likeness (QED) is 0.0772. The van der Waals surface area contributed by atoms with E-state index in [0.717, 1.165) is 37.0 Å². The second kappa shape index (κ2) is 17.3. The Balaban J connectivity index is 1.95. The Labute approximate surface area is 313 Å². The Hall–Kier alpha value is -0.506. The minimum atomic E-state index is -2.05. The van der Waals surface area contributed by atoms with Crippen LogP contribution in [0, 0.1) is 28.6 Å². The summed E-state index contributed by atoms with van der Waals surface area (Å²) in [7, 11) is -2.41. The molecule has 6 atom stereocenters. The van der Waals surface area contributed by atoms with Crippen LogP contribution in [0.15, 0.2) is 34.9 Å². The van der Waals surface area contributed by atoms with E-state index in [-0.39, 0.29) is 22.3 Å². The van der Waals surface area contributed by atoms with Gasteiger partial charge in [-0.15, -0.1) is 0 Å². The predicted octanol–water partition coefficient (Wildman–Crippen LogP) is 13.4. The normalized spacial score (nSPS) is 30.4. The molecule has 6 heteroatoms. The second-order valence-electron chi connectivity index (χ2n) is 21.0. The maximum Gasteiger partial charge on any atom is 0.192 e. The fourth-order valence-electron chi connectivity index (χ4n) is 8.73. The molecule has 0 heterocycles. The number of methoxy groups -OCH3 is 1. The second-order valence-corrected chi connectivity index (χ2v) is 30.6. The van der Waals surface area contributed by atoms with Gasteiger partial charge in [-0.1, -0.05) is 118 Å². The summed E-state index contributed by atoms with van der Waals surface area (Å²) in [5, 5.41) is 0.266. The van der Waals surface area contributed by atoms with Crippen molar-refractivity contribution in [2.45, 2.75) is 195 Å². The van der Waals surface area contributed by atoms with Crippen LogP contribution in [0.4, 0.5) is 0 Å². The Morgan fingerprint density at radius 1 is 0.860 bits per heavy atom. The van der Waals surface area contributed by atoms with Gasteiger partial charge in [0, 0.05) is 7.11 Å². The van der Waals surface area contributed by atoms with Crippen LogP contribution in [-0.2, 0) is 18.3 Å². The van der Waals surface area contributed by atoms with Crippen molar-refractivity contribution < 1.29 is 18.3 Å². The highest BCUT2D eigenvalue weighted by Gasteiger charge is 2.51. The molecule has 3 aliphatic rings. The van der Waals surface area contributed by atoms with Crippen molar-refractivity contribution in [1.29, 1.82) is 0 Å². The summed E-state index contributed by atoms with van der Waals surface area (Å²) >= 11 is 0. The van der Waals surface area contributed by atoms with Crippen LogP contribution in [0.2, 0.25) is 36.3 Å². The summed E-state index contributed by atoms with van der Waals surface area (Å²) in [4.78, 5) is 0. The van der Waals surface area contributed by atoms with Crippen LogP contribution in [0.25, 0.3) is 0 Å². The number of fused-ring (bicyclic) bond motifs is 1. The van der Waals surface area contributed by atoms with E-state index in [1.165, 1.54) is 62.5 Å². The average Bonchev–Trinajstić information content (AvgIpc) is 3.32. The first-order chi connectivity index (χ1) is 22.9. The zero-order valence-electron chi connectivity index (χ0n) is 35.9. The first-order valence-corrected chi connectivity index (χ1v) is 26.2. The Bertz CT molecular complexity index is 1140. The van der Waals surface area contributed by atoms with Gasteiger partial charge in [-0.25, -0.2) is 0 Å². The molecule has 0 saturated heterocycles. The Kier molecular flexibility index (Phi) is 15.2. The molecule has 3 fully saturated rings. The lowest BCUT2D eigenvalue weighted by Crippen LogP contribution is -2.50. The first kappa shape index (κ1) is 43.9. The van der Waals surface area contributed by atoms with E-state index in [0.29, 0.717) is 24.2 Å². The van der Waals surface area contributed by atoms with Gasteiger partial charge in [-0.3, -0.25) is 0 Å². The fourth-order valence-corrected chi connectivity index (χ4v) is 11.3. The third kappa shape index (κ3) is 11.5. The highest BCUT2D eigenvalue weighted by Crippen LogP contribution is 2.60. The molecule has 290 valence electrons. The molecule has 3 saturated carbocycles. The number of ether oxygens (including phenoxy) is 2. The highest BCUT2D eigenvalue weighted by molar-refractivity contribution is 6.74. The third-order valence-electron chi connectivity index (χ3n) is 13.8. The van der Waals surface area contributed by atoms with Crippen LogP contribution < -0.4 is 0 Å². The van der Waals surface area contributed by atoms with E-state index < -0.39 is 16.6 Å². The lowest BCUT2D eigenvalue weighted by atomic mass is 9.60. The summed E-state index contributed by atoms with van der Waals surface area (Å²) in [6, 6.07) is 0.